The standard InChI is InChI=1S/C21H20FN7O2/c22-17-3-4-18-13(5-9-31-18)15(17)10-25-21-26-11-16(20-28-27-12-29(20)21)14-2-1-6-23-19(14)24-7-8-30/h1-4,6,11-12,30H,5,7-10H2,(H,23,24)(H,25,26). The number of aliphatic hydroxyl groups is 1. The summed E-state index contributed by atoms with van der Waals surface area (Å²) in [5.41, 5.74) is 3.57. The molecule has 0 saturated heterocycles. The van der Waals surface area contributed by atoms with Gasteiger partial charge in [-0.15, -0.1) is 10.2 Å². The molecule has 0 aliphatic carbocycles. The number of halogens is 1. The Bertz CT molecular complexity index is 1240. The highest BCUT2D eigenvalue weighted by molar-refractivity contribution is 5.84. The average molecular weight is 421 g/mol. The van der Waals surface area contributed by atoms with Crippen molar-refractivity contribution in [2.75, 3.05) is 30.4 Å². The summed E-state index contributed by atoms with van der Waals surface area (Å²) >= 11 is 0. The second kappa shape index (κ2) is 8.15. The Morgan fingerprint density at radius 2 is 2.10 bits per heavy atom. The van der Waals surface area contributed by atoms with E-state index < -0.39 is 0 Å². The normalized spacial score (nSPS) is 12.6. The smallest absolute Gasteiger partial charge is 0.210 e. The number of aliphatic hydroxyl groups excluding tert-OH is 1. The average Bonchev–Trinajstić information content (AvgIpc) is 3.47. The maximum atomic E-state index is 14.5. The summed E-state index contributed by atoms with van der Waals surface area (Å²) in [6, 6.07) is 6.81. The highest BCUT2D eigenvalue weighted by atomic mass is 19.1. The molecule has 0 bridgehead atoms. The lowest BCUT2D eigenvalue weighted by Gasteiger charge is -2.14. The van der Waals surface area contributed by atoms with Crippen molar-refractivity contribution in [3.8, 4) is 16.9 Å². The number of hydrogen-bond acceptors (Lipinski definition) is 8. The number of rotatable bonds is 7. The van der Waals surface area contributed by atoms with Gasteiger partial charge in [0, 0.05) is 54.2 Å². The molecule has 31 heavy (non-hydrogen) atoms. The Balaban J connectivity index is 1.48. The summed E-state index contributed by atoms with van der Waals surface area (Å²) in [5, 5.41) is 23.7. The summed E-state index contributed by atoms with van der Waals surface area (Å²) in [7, 11) is 0. The van der Waals surface area contributed by atoms with Crippen LogP contribution >= 0.6 is 0 Å². The van der Waals surface area contributed by atoms with Crippen LogP contribution in [0.25, 0.3) is 16.8 Å². The van der Waals surface area contributed by atoms with Crippen LogP contribution in [0.1, 0.15) is 11.1 Å². The molecule has 0 atom stereocenters. The van der Waals surface area contributed by atoms with E-state index in [4.69, 9.17) is 9.84 Å². The van der Waals surface area contributed by atoms with Crippen LogP contribution in [0.4, 0.5) is 16.2 Å². The lowest BCUT2D eigenvalue weighted by Crippen LogP contribution is -2.10. The minimum absolute atomic E-state index is 0.0117. The number of anilines is 2. The first kappa shape index (κ1) is 19.2. The van der Waals surface area contributed by atoms with Crippen molar-refractivity contribution < 1.29 is 14.2 Å². The van der Waals surface area contributed by atoms with Gasteiger partial charge in [-0.3, -0.25) is 4.40 Å². The number of hydrogen-bond donors (Lipinski definition) is 3. The van der Waals surface area contributed by atoms with E-state index in [2.05, 4.69) is 30.8 Å². The van der Waals surface area contributed by atoms with Crippen LogP contribution in [-0.2, 0) is 13.0 Å². The number of aromatic nitrogens is 5. The minimum Gasteiger partial charge on any atom is -0.493 e. The van der Waals surface area contributed by atoms with Gasteiger partial charge in [-0.1, -0.05) is 0 Å². The van der Waals surface area contributed by atoms with E-state index in [1.165, 1.54) is 6.07 Å². The highest BCUT2D eigenvalue weighted by Crippen LogP contribution is 2.32. The van der Waals surface area contributed by atoms with Crippen LogP contribution in [0.5, 0.6) is 5.75 Å². The largest absolute Gasteiger partial charge is 0.493 e. The van der Waals surface area contributed by atoms with E-state index in [9.17, 15) is 4.39 Å². The van der Waals surface area contributed by atoms with Crippen LogP contribution in [0.3, 0.4) is 0 Å². The summed E-state index contributed by atoms with van der Waals surface area (Å²) in [6.45, 7) is 1.18. The number of nitrogens with one attached hydrogen (secondary N) is 2. The Hall–Kier alpha value is -3.79. The van der Waals surface area contributed by atoms with Crippen LogP contribution in [-0.4, -0.2) is 49.4 Å². The maximum Gasteiger partial charge on any atom is 0.210 e. The number of benzene rings is 1. The number of ether oxygens (including phenoxy) is 1. The highest BCUT2D eigenvalue weighted by Gasteiger charge is 2.20. The van der Waals surface area contributed by atoms with Crippen LogP contribution in [0, 0.1) is 5.82 Å². The summed E-state index contributed by atoms with van der Waals surface area (Å²) in [4.78, 5) is 8.88. The van der Waals surface area contributed by atoms with Crippen LogP contribution in [0.15, 0.2) is 43.0 Å². The fourth-order valence-corrected chi connectivity index (χ4v) is 3.75. The van der Waals surface area contributed by atoms with Gasteiger partial charge < -0.3 is 20.5 Å². The quantitative estimate of drug-likeness (QED) is 0.417. The number of fused-ring (bicyclic) bond motifs is 2. The van der Waals surface area contributed by atoms with Crippen molar-refractivity contribution in [1.29, 1.82) is 0 Å². The van der Waals surface area contributed by atoms with Gasteiger partial charge in [0.1, 0.15) is 23.7 Å². The van der Waals surface area contributed by atoms with Gasteiger partial charge in [-0.25, -0.2) is 14.4 Å². The number of nitrogens with zero attached hydrogens (tertiary/aromatic N) is 5. The molecule has 4 heterocycles. The molecule has 0 fully saturated rings. The first-order chi connectivity index (χ1) is 15.3. The van der Waals surface area contributed by atoms with Crippen molar-refractivity contribution in [2.45, 2.75) is 13.0 Å². The van der Waals surface area contributed by atoms with E-state index >= 15 is 0 Å². The molecule has 1 aliphatic rings. The van der Waals surface area contributed by atoms with Crippen LogP contribution in [0.2, 0.25) is 0 Å². The van der Waals surface area contributed by atoms with Crippen LogP contribution < -0.4 is 15.4 Å². The maximum absolute atomic E-state index is 14.5. The van der Waals surface area contributed by atoms with Crippen molar-refractivity contribution in [1.82, 2.24) is 24.6 Å². The van der Waals surface area contributed by atoms with E-state index in [0.717, 1.165) is 22.4 Å². The molecule has 3 N–H and O–H groups in total. The van der Waals surface area contributed by atoms with Crippen molar-refractivity contribution >= 4 is 17.4 Å². The predicted octanol–water partition coefficient (Wildman–Crippen LogP) is 2.28. The lowest BCUT2D eigenvalue weighted by molar-refractivity contribution is 0.311. The first-order valence-corrected chi connectivity index (χ1v) is 9.92. The van der Waals surface area contributed by atoms with Gasteiger partial charge in [0.05, 0.1) is 13.2 Å². The minimum atomic E-state index is -0.275. The third-order valence-electron chi connectivity index (χ3n) is 5.20. The van der Waals surface area contributed by atoms with E-state index in [1.54, 1.807) is 29.2 Å². The third-order valence-corrected chi connectivity index (χ3v) is 5.20. The molecule has 0 unspecified atom stereocenters. The fraction of sp³-hybridized carbons (Fsp3) is 0.238. The Labute approximate surface area is 177 Å². The van der Waals surface area contributed by atoms with Gasteiger partial charge in [0.2, 0.25) is 5.95 Å². The molecule has 158 valence electrons. The van der Waals surface area contributed by atoms with Gasteiger partial charge >= 0.3 is 0 Å². The second-order valence-corrected chi connectivity index (χ2v) is 7.02. The molecule has 0 saturated carbocycles. The number of pyridine rings is 1. The van der Waals surface area contributed by atoms with Gasteiger partial charge in [-0.2, -0.15) is 0 Å². The van der Waals surface area contributed by atoms with E-state index in [0.29, 0.717) is 42.5 Å². The molecule has 4 aromatic rings. The molecule has 0 spiro atoms. The molecule has 5 rings (SSSR count). The summed E-state index contributed by atoms with van der Waals surface area (Å²) in [6.07, 6.45) is 5.59. The second-order valence-electron chi connectivity index (χ2n) is 7.02. The molecule has 0 amide bonds. The van der Waals surface area contributed by atoms with Crippen molar-refractivity contribution in [3.05, 3.63) is 59.9 Å². The van der Waals surface area contributed by atoms with Gasteiger partial charge in [0.15, 0.2) is 5.65 Å². The molecule has 10 heteroatoms. The SMILES string of the molecule is OCCNc1ncccc1-c1cnc(NCc2c(F)ccc3c2CCO3)n2cnnc12. The first-order valence-electron chi connectivity index (χ1n) is 9.92. The molecule has 9 nitrogen and oxygen atoms in total. The zero-order chi connectivity index (χ0) is 21.2. The Kier molecular flexibility index (Phi) is 5.04. The molecular weight excluding hydrogens is 401 g/mol. The topological polar surface area (TPSA) is 109 Å². The third kappa shape index (κ3) is 3.50. The van der Waals surface area contributed by atoms with E-state index in [1.807, 2.05) is 12.1 Å². The lowest BCUT2D eigenvalue weighted by atomic mass is 10.0. The Morgan fingerprint density at radius 3 is 3.00 bits per heavy atom. The molecular formula is C21H20FN7O2. The zero-order valence-electron chi connectivity index (χ0n) is 16.5. The molecule has 1 aromatic carbocycles. The zero-order valence-corrected chi connectivity index (χ0v) is 16.5. The monoisotopic (exact) mass is 421 g/mol. The van der Waals surface area contributed by atoms with E-state index in [-0.39, 0.29) is 19.0 Å². The van der Waals surface area contributed by atoms with Gasteiger partial charge in [-0.05, 0) is 24.3 Å². The Morgan fingerprint density at radius 1 is 1.16 bits per heavy atom. The van der Waals surface area contributed by atoms with Crippen molar-refractivity contribution in [3.63, 3.8) is 0 Å². The molecule has 0 radical (unpaired) electrons. The van der Waals surface area contributed by atoms with Crippen molar-refractivity contribution in [2.24, 2.45) is 0 Å². The summed E-state index contributed by atoms with van der Waals surface area (Å²) in [5.74, 6) is 1.57. The predicted molar refractivity (Wildman–Crippen MR) is 113 cm³/mol. The molecule has 1 aliphatic heterocycles. The molecule has 3 aromatic heterocycles. The van der Waals surface area contributed by atoms with Gasteiger partial charge in [0.25, 0.3) is 0 Å². The summed E-state index contributed by atoms with van der Waals surface area (Å²) < 4.78 is 21.7. The fourth-order valence-electron chi connectivity index (χ4n) is 3.75.